The van der Waals surface area contributed by atoms with Crippen molar-refractivity contribution in [2.24, 2.45) is 0 Å². The van der Waals surface area contributed by atoms with Crippen LogP contribution in [0.1, 0.15) is 21.9 Å². The topological polar surface area (TPSA) is 86.0 Å². The zero-order valence-corrected chi connectivity index (χ0v) is 13.0. The molecule has 0 saturated heterocycles. The standard InChI is InChI=1S/C17H15FO6/c1-22-16-8-11(18)4-3-10(16)7-12-5-6-15(24-12)13(19)9-14(20)17(21)23-2/h3-6,8-9,20H,7H2,1-2H3. The molecule has 7 heteroatoms. The normalized spacial score (nSPS) is 11.2. The van der Waals surface area contributed by atoms with Gasteiger partial charge in [0.15, 0.2) is 5.76 Å². The first kappa shape index (κ1) is 17.3. The van der Waals surface area contributed by atoms with Gasteiger partial charge in [-0.3, -0.25) is 4.79 Å². The Morgan fingerprint density at radius 1 is 1.25 bits per heavy atom. The lowest BCUT2D eigenvalue weighted by Gasteiger charge is -2.06. The first-order valence-corrected chi connectivity index (χ1v) is 6.89. The number of aliphatic hydroxyl groups excluding tert-OH is 1. The van der Waals surface area contributed by atoms with Crippen LogP contribution in [0.3, 0.4) is 0 Å². The van der Waals surface area contributed by atoms with Gasteiger partial charge in [-0.15, -0.1) is 0 Å². The van der Waals surface area contributed by atoms with E-state index in [1.54, 1.807) is 12.1 Å². The van der Waals surface area contributed by atoms with Gasteiger partial charge in [-0.2, -0.15) is 0 Å². The number of methoxy groups -OCH3 is 2. The summed E-state index contributed by atoms with van der Waals surface area (Å²) in [5.41, 5.74) is 0.681. The third-order valence-electron chi connectivity index (χ3n) is 3.18. The number of ketones is 1. The number of carbonyl (C=O) groups excluding carboxylic acids is 2. The van der Waals surface area contributed by atoms with Crippen LogP contribution in [-0.2, 0) is 16.0 Å². The summed E-state index contributed by atoms with van der Waals surface area (Å²) in [6.45, 7) is 0. The van der Waals surface area contributed by atoms with Crippen LogP contribution in [-0.4, -0.2) is 31.1 Å². The van der Waals surface area contributed by atoms with E-state index in [4.69, 9.17) is 9.15 Å². The number of esters is 1. The first-order chi connectivity index (χ1) is 11.4. The number of furan rings is 1. The van der Waals surface area contributed by atoms with E-state index < -0.39 is 23.3 Å². The molecule has 1 heterocycles. The minimum absolute atomic E-state index is 0.0541. The Kier molecular flexibility index (Phi) is 5.36. The summed E-state index contributed by atoms with van der Waals surface area (Å²) in [6.07, 6.45) is 0.996. The fraction of sp³-hybridized carbons (Fsp3) is 0.176. The molecule has 126 valence electrons. The SMILES string of the molecule is COC(=O)C(O)=CC(=O)c1ccc(Cc2ccc(F)cc2OC)o1. The zero-order valence-electron chi connectivity index (χ0n) is 13.0. The second-order valence-electron chi connectivity index (χ2n) is 4.78. The van der Waals surface area contributed by atoms with E-state index in [1.807, 2.05) is 0 Å². The van der Waals surface area contributed by atoms with Crippen molar-refractivity contribution in [2.75, 3.05) is 14.2 Å². The average Bonchev–Trinajstić information content (AvgIpc) is 3.04. The van der Waals surface area contributed by atoms with Crippen molar-refractivity contribution in [3.8, 4) is 5.75 Å². The molecular weight excluding hydrogens is 319 g/mol. The van der Waals surface area contributed by atoms with Crippen LogP contribution in [0, 0.1) is 5.82 Å². The largest absolute Gasteiger partial charge is 0.502 e. The Morgan fingerprint density at radius 3 is 2.67 bits per heavy atom. The highest BCUT2D eigenvalue weighted by molar-refractivity contribution is 6.06. The number of ether oxygens (including phenoxy) is 2. The maximum atomic E-state index is 13.2. The van der Waals surface area contributed by atoms with Crippen LogP contribution >= 0.6 is 0 Å². The highest BCUT2D eigenvalue weighted by atomic mass is 19.1. The molecule has 0 radical (unpaired) electrons. The van der Waals surface area contributed by atoms with Gasteiger partial charge in [-0.1, -0.05) is 6.07 Å². The van der Waals surface area contributed by atoms with Gasteiger partial charge in [-0.25, -0.2) is 9.18 Å². The van der Waals surface area contributed by atoms with Crippen LogP contribution in [0.4, 0.5) is 4.39 Å². The quantitative estimate of drug-likeness (QED) is 0.378. The molecule has 0 aliphatic rings. The summed E-state index contributed by atoms with van der Waals surface area (Å²) in [5.74, 6) is -2.20. The van der Waals surface area contributed by atoms with Crippen LogP contribution in [0.2, 0.25) is 0 Å². The average molecular weight is 334 g/mol. The molecule has 0 bridgehead atoms. The summed E-state index contributed by atoms with van der Waals surface area (Å²) in [4.78, 5) is 23.0. The number of halogens is 1. The molecule has 0 atom stereocenters. The molecule has 0 saturated carbocycles. The second kappa shape index (κ2) is 7.45. The van der Waals surface area contributed by atoms with Gasteiger partial charge in [0.25, 0.3) is 0 Å². The van der Waals surface area contributed by atoms with Crippen molar-refractivity contribution in [1.82, 2.24) is 0 Å². The van der Waals surface area contributed by atoms with E-state index in [2.05, 4.69) is 4.74 Å². The van der Waals surface area contributed by atoms with E-state index in [0.29, 0.717) is 23.1 Å². The number of allylic oxidation sites excluding steroid dienone is 1. The molecule has 1 aromatic heterocycles. The predicted octanol–water partition coefficient (Wildman–Crippen LogP) is 2.82. The summed E-state index contributed by atoms with van der Waals surface area (Å²) in [5, 5.41) is 9.36. The number of aliphatic hydroxyl groups is 1. The van der Waals surface area contributed by atoms with Crippen LogP contribution < -0.4 is 4.74 Å². The molecule has 24 heavy (non-hydrogen) atoms. The Hall–Kier alpha value is -3.09. The Balaban J connectivity index is 2.17. The summed E-state index contributed by atoms with van der Waals surface area (Å²) < 4.78 is 28.0. The van der Waals surface area contributed by atoms with Crippen molar-refractivity contribution in [2.45, 2.75) is 6.42 Å². The van der Waals surface area contributed by atoms with Crippen molar-refractivity contribution in [3.05, 3.63) is 65.1 Å². The molecule has 1 N–H and O–H groups in total. The van der Waals surface area contributed by atoms with E-state index in [0.717, 1.165) is 7.11 Å². The molecule has 0 amide bonds. The maximum absolute atomic E-state index is 13.2. The van der Waals surface area contributed by atoms with Gasteiger partial charge in [0.1, 0.15) is 17.3 Å². The van der Waals surface area contributed by atoms with Gasteiger partial charge in [0.05, 0.1) is 14.2 Å². The smallest absolute Gasteiger partial charge is 0.373 e. The molecule has 0 spiro atoms. The zero-order chi connectivity index (χ0) is 17.7. The monoisotopic (exact) mass is 334 g/mol. The van der Waals surface area contributed by atoms with Crippen LogP contribution in [0.25, 0.3) is 0 Å². The first-order valence-electron chi connectivity index (χ1n) is 6.89. The number of carbonyl (C=O) groups is 2. The lowest BCUT2D eigenvalue weighted by molar-refractivity contribution is -0.139. The van der Waals surface area contributed by atoms with Gasteiger partial charge < -0.3 is 19.0 Å². The molecule has 2 rings (SSSR count). The van der Waals surface area contributed by atoms with Crippen LogP contribution in [0.15, 0.2) is 46.6 Å². The molecule has 0 aliphatic heterocycles. The van der Waals surface area contributed by atoms with Gasteiger partial charge in [-0.05, 0) is 18.2 Å². The number of rotatable bonds is 6. The van der Waals surface area contributed by atoms with Crippen molar-refractivity contribution < 1.29 is 33.0 Å². The summed E-state index contributed by atoms with van der Waals surface area (Å²) in [6, 6.07) is 7.08. The minimum atomic E-state index is -1.02. The molecule has 0 unspecified atom stereocenters. The molecule has 6 nitrogen and oxygen atoms in total. The lowest BCUT2D eigenvalue weighted by atomic mass is 10.1. The highest BCUT2D eigenvalue weighted by Crippen LogP contribution is 2.23. The fourth-order valence-electron chi connectivity index (χ4n) is 2.02. The van der Waals surface area contributed by atoms with Crippen molar-refractivity contribution in [3.63, 3.8) is 0 Å². The molecule has 0 fully saturated rings. The lowest BCUT2D eigenvalue weighted by Crippen LogP contribution is -2.06. The maximum Gasteiger partial charge on any atom is 0.373 e. The van der Waals surface area contributed by atoms with E-state index in [1.165, 1.54) is 25.3 Å². The van der Waals surface area contributed by atoms with Gasteiger partial charge in [0, 0.05) is 24.1 Å². The Morgan fingerprint density at radius 2 is 2.00 bits per heavy atom. The van der Waals surface area contributed by atoms with Gasteiger partial charge >= 0.3 is 5.97 Å². The number of hydrogen-bond acceptors (Lipinski definition) is 6. The molecule has 2 aromatic rings. The molecule has 0 aliphatic carbocycles. The molecular formula is C17H15FO6. The third kappa shape index (κ3) is 4.01. The fourth-order valence-corrected chi connectivity index (χ4v) is 2.02. The van der Waals surface area contributed by atoms with Crippen molar-refractivity contribution in [1.29, 1.82) is 0 Å². The number of hydrogen-bond donors (Lipinski definition) is 1. The predicted molar refractivity (Wildman–Crippen MR) is 81.5 cm³/mol. The summed E-state index contributed by atoms with van der Waals surface area (Å²) >= 11 is 0. The van der Waals surface area contributed by atoms with E-state index in [9.17, 15) is 19.1 Å². The second-order valence-corrected chi connectivity index (χ2v) is 4.78. The summed E-state index contributed by atoms with van der Waals surface area (Å²) in [7, 11) is 2.51. The highest BCUT2D eigenvalue weighted by Gasteiger charge is 2.15. The van der Waals surface area contributed by atoms with E-state index in [-0.39, 0.29) is 12.2 Å². The van der Waals surface area contributed by atoms with Crippen LogP contribution in [0.5, 0.6) is 5.75 Å². The van der Waals surface area contributed by atoms with E-state index >= 15 is 0 Å². The Bertz CT molecular complexity index is 790. The van der Waals surface area contributed by atoms with Crippen molar-refractivity contribution >= 4 is 11.8 Å². The Labute approximate surface area is 137 Å². The molecule has 1 aromatic carbocycles. The van der Waals surface area contributed by atoms with Gasteiger partial charge in [0.2, 0.25) is 11.5 Å². The minimum Gasteiger partial charge on any atom is -0.502 e. The third-order valence-corrected chi connectivity index (χ3v) is 3.18. The number of benzene rings is 1.